The van der Waals surface area contributed by atoms with Gasteiger partial charge in [-0.3, -0.25) is 24.0 Å². The first-order valence-corrected chi connectivity index (χ1v) is 11.6. The first-order valence-electron chi connectivity index (χ1n) is 11.6. The summed E-state index contributed by atoms with van der Waals surface area (Å²) in [6.45, 7) is 1.19. The maximum Gasteiger partial charge on any atom is 0.326 e. The molecule has 0 saturated carbocycles. The zero-order valence-electron chi connectivity index (χ0n) is 20.6. The molecule has 210 valence electrons. The van der Waals surface area contributed by atoms with E-state index in [4.69, 9.17) is 16.6 Å². The smallest absolute Gasteiger partial charge is 0.326 e. The Balaban J connectivity index is 2.96. The highest BCUT2D eigenvalue weighted by molar-refractivity contribution is 5.94. The highest BCUT2D eigenvalue weighted by Crippen LogP contribution is 2.11. The number of carbonyl (C=O) groups is 6. The second-order valence-electron chi connectivity index (χ2n) is 8.60. The number of phenols is 1. The largest absolute Gasteiger partial charge is 0.508 e. The van der Waals surface area contributed by atoms with Crippen LogP contribution in [-0.4, -0.2) is 86.3 Å². The molecule has 0 heterocycles. The quantitative estimate of drug-likeness (QED) is 0.104. The Morgan fingerprint density at radius 2 is 1.39 bits per heavy atom. The van der Waals surface area contributed by atoms with E-state index in [1.807, 2.05) is 0 Å². The van der Waals surface area contributed by atoms with E-state index in [0.717, 1.165) is 0 Å². The standard InChI is InChI=1S/C23H33N5O10/c1-11(29)19(28-20(34)14(24)10-12-2-4-13(30)5-3-12)22(36)26-15(7-9-18(32)33)21(35)27-16(23(37)38)6-8-17(25)31/h2-5,11,14-16,19,29-30H,6-10,24H2,1H3,(H2,25,31)(H,26,36)(H,27,35)(H,28,34)(H,32,33)(H,37,38). The molecule has 0 aromatic heterocycles. The molecule has 15 nitrogen and oxygen atoms in total. The predicted octanol–water partition coefficient (Wildman–Crippen LogP) is -2.69. The van der Waals surface area contributed by atoms with Crippen molar-refractivity contribution in [2.75, 3.05) is 0 Å². The average molecular weight is 540 g/mol. The molecule has 4 amide bonds. The molecule has 15 heteroatoms. The van der Waals surface area contributed by atoms with Crippen LogP contribution in [0.3, 0.4) is 0 Å². The van der Waals surface area contributed by atoms with E-state index in [0.29, 0.717) is 5.56 Å². The lowest BCUT2D eigenvalue weighted by Gasteiger charge is -2.26. The number of phenolic OH excluding ortho intramolecular Hbond substituents is 1. The van der Waals surface area contributed by atoms with Crippen LogP contribution < -0.4 is 27.4 Å². The molecule has 0 aliphatic heterocycles. The van der Waals surface area contributed by atoms with Crippen molar-refractivity contribution >= 4 is 35.6 Å². The molecule has 1 aromatic carbocycles. The van der Waals surface area contributed by atoms with E-state index in [-0.39, 0.29) is 25.0 Å². The van der Waals surface area contributed by atoms with Crippen molar-refractivity contribution in [3.8, 4) is 5.75 Å². The molecular formula is C23H33N5O10. The third-order valence-corrected chi connectivity index (χ3v) is 5.37. The molecule has 11 N–H and O–H groups in total. The number of nitrogens with two attached hydrogens (primary N) is 2. The lowest BCUT2D eigenvalue weighted by molar-refractivity contribution is -0.143. The van der Waals surface area contributed by atoms with E-state index in [1.54, 1.807) is 12.1 Å². The predicted molar refractivity (Wildman–Crippen MR) is 130 cm³/mol. The number of hydrogen-bond acceptors (Lipinski definition) is 9. The van der Waals surface area contributed by atoms with Gasteiger partial charge in [0.25, 0.3) is 0 Å². The van der Waals surface area contributed by atoms with Gasteiger partial charge < -0.3 is 47.8 Å². The molecule has 0 fully saturated rings. The van der Waals surface area contributed by atoms with Crippen molar-refractivity contribution in [3.05, 3.63) is 29.8 Å². The van der Waals surface area contributed by atoms with Crippen LogP contribution in [0.1, 0.15) is 38.2 Å². The second kappa shape index (κ2) is 15.1. The number of carboxylic acids is 2. The Labute approximate surface area is 217 Å². The maximum atomic E-state index is 12.9. The average Bonchev–Trinajstić information content (AvgIpc) is 2.82. The summed E-state index contributed by atoms with van der Waals surface area (Å²) in [6, 6.07) is 0.0257. The summed E-state index contributed by atoms with van der Waals surface area (Å²) in [5.41, 5.74) is 11.5. The molecule has 1 rings (SSSR count). The summed E-state index contributed by atoms with van der Waals surface area (Å²) in [5.74, 6) is -6.51. The van der Waals surface area contributed by atoms with Gasteiger partial charge in [0.1, 0.15) is 23.9 Å². The molecule has 0 bridgehead atoms. The van der Waals surface area contributed by atoms with Gasteiger partial charge in [-0.1, -0.05) is 12.1 Å². The number of nitrogens with one attached hydrogen (secondary N) is 3. The fourth-order valence-corrected chi connectivity index (χ4v) is 3.26. The number of aliphatic hydroxyl groups is 1. The number of primary amides is 1. The number of aliphatic hydroxyl groups excluding tert-OH is 1. The SMILES string of the molecule is CC(O)C(NC(=O)C(N)Cc1ccc(O)cc1)C(=O)NC(CCC(=O)O)C(=O)NC(CCC(N)=O)C(=O)O. The molecule has 0 aliphatic rings. The minimum Gasteiger partial charge on any atom is -0.508 e. The number of rotatable bonds is 16. The van der Waals surface area contributed by atoms with Crippen molar-refractivity contribution in [2.45, 2.75) is 69.3 Å². The molecule has 1 aromatic rings. The van der Waals surface area contributed by atoms with E-state index in [1.165, 1.54) is 19.1 Å². The van der Waals surface area contributed by atoms with Gasteiger partial charge in [-0.05, 0) is 43.9 Å². The van der Waals surface area contributed by atoms with Crippen molar-refractivity contribution in [1.82, 2.24) is 16.0 Å². The van der Waals surface area contributed by atoms with Gasteiger partial charge >= 0.3 is 11.9 Å². The first kappa shape index (κ1) is 31.8. The second-order valence-corrected chi connectivity index (χ2v) is 8.60. The molecule has 0 aliphatic carbocycles. The van der Waals surface area contributed by atoms with Crippen LogP contribution in [0.4, 0.5) is 0 Å². The molecule has 0 saturated heterocycles. The summed E-state index contributed by atoms with van der Waals surface area (Å²) in [6.07, 6.45) is -3.17. The topological polar surface area (TPSA) is 271 Å². The monoisotopic (exact) mass is 539 g/mol. The van der Waals surface area contributed by atoms with Crippen LogP contribution >= 0.6 is 0 Å². The minimum absolute atomic E-state index is 0.0154. The number of aliphatic carboxylic acids is 2. The number of carboxylic acid groups (broad SMARTS) is 2. The normalized spacial score (nSPS) is 14.7. The van der Waals surface area contributed by atoms with Gasteiger partial charge in [-0.15, -0.1) is 0 Å². The van der Waals surface area contributed by atoms with E-state index in [9.17, 15) is 44.1 Å². The first-order chi connectivity index (χ1) is 17.7. The number of hydrogen-bond donors (Lipinski definition) is 9. The summed E-state index contributed by atoms with van der Waals surface area (Å²) < 4.78 is 0. The molecule has 0 spiro atoms. The van der Waals surface area contributed by atoms with Gasteiger partial charge in [0.05, 0.1) is 12.1 Å². The van der Waals surface area contributed by atoms with Gasteiger partial charge in [0.15, 0.2) is 0 Å². The third-order valence-electron chi connectivity index (χ3n) is 5.37. The van der Waals surface area contributed by atoms with Crippen LogP contribution in [0, 0.1) is 0 Å². The number of aromatic hydroxyl groups is 1. The zero-order valence-corrected chi connectivity index (χ0v) is 20.6. The van der Waals surface area contributed by atoms with Crippen molar-refractivity contribution < 1.29 is 49.2 Å². The van der Waals surface area contributed by atoms with Crippen molar-refractivity contribution in [2.24, 2.45) is 11.5 Å². The lowest BCUT2D eigenvalue weighted by atomic mass is 10.0. The maximum absolute atomic E-state index is 12.9. The molecule has 5 atom stereocenters. The minimum atomic E-state index is -1.60. The van der Waals surface area contributed by atoms with Crippen molar-refractivity contribution in [1.29, 1.82) is 0 Å². The summed E-state index contributed by atoms with van der Waals surface area (Å²) in [5, 5.41) is 44.3. The summed E-state index contributed by atoms with van der Waals surface area (Å²) >= 11 is 0. The van der Waals surface area contributed by atoms with E-state index < -0.39 is 78.7 Å². The van der Waals surface area contributed by atoms with Gasteiger partial charge in [-0.2, -0.15) is 0 Å². The molecule has 5 unspecified atom stereocenters. The van der Waals surface area contributed by atoms with Gasteiger partial charge in [-0.25, -0.2) is 4.79 Å². The fraction of sp³-hybridized carbons (Fsp3) is 0.478. The molecule has 0 radical (unpaired) electrons. The summed E-state index contributed by atoms with van der Waals surface area (Å²) in [4.78, 5) is 71.6. The number of carbonyl (C=O) groups excluding carboxylic acids is 4. The highest BCUT2D eigenvalue weighted by Gasteiger charge is 2.32. The van der Waals surface area contributed by atoms with Gasteiger partial charge in [0.2, 0.25) is 23.6 Å². The highest BCUT2D eigenvalue weighted by atomic mass is 16.4. The van der Waals surface area contributed by atoms with E-state index in [2.05, 4.69) is 16.0 Å². The third kappa shape index (κ3) is 11.2. The zero-order chi connectivity index (χ0) is 29.0. The van der Waals surface area contributed by atoms with E-state index >= 15 is 0 Å². The van der Waals surface area contributed by atoms with Gasteiger partial charge in [0, 0.05) is 12.8 Å². The number of amides is 4. The number of benzene rings is 1. The Morgan fingerprint density at radius 1 is 0.842 bits per heavy atom. The van der Waals surface area contributed by atoms with Crippen molar-refractivity contribution in [3.63, 3.8) is 0 Å². The van der Waals surface area contributed by atoms with Crippen LogP contribution in [-0.2, 0) is 35.2 Å². The summed E-state index contributed by atoms with van der Waals surface area (Å²) in [7, 11) is 0. The Kier molecular flexibility index (Phi) is 12.6. The molecular weight excluding hydrogens is 506 g/mol. The van der Waals surface area contributed by atoms with Crippen LogP contribution in [0.25, 0.3) is 0 Å². The lowest BCUT2D eigenvalue weighted by Crippen LogP contribution is -2.60. The Hall–Kier alpha value is -4.24. The fourth-order valence-electron chi connectivity index (χ4n) is 3.26. The molecule has 38 heavy (non-hydrogen) atoms. The van der Waals surface area contributed by atoms with Crippen LogP contribution in [0.5, 0.6) is 5.75 Å². The van der Waals surface area contributed by atoms with Crippen LogP contribution in [0.2, 0.25) is 0 Å². The van der Waals surface area contributed by atoms with Crippen LogP contribution in [0.15, 0.2) is 24.3 Å². The Morgan fingerprint density at radius 3 is 1.89 bits per heavy atom. The Bertz CT molecular complexity index is 1010.